The van der Waals surface area contributed by atoms with E-state index in [4.69, 9.17) is 35.8 Å². The number of carbonyl (C=O) groups is 1. The number of hydrogen-bond donors (Lipinski definition) is 0. The molecule has 4 aliphatic rings. The molecule has 252 valence electrons. The SMILES string of the molecule is CC(C)(C)OC(=O)N1C2CCC1CN(c1nc(OCC34CCCN3CCOC4)nc3c(F)c(-c4cccc5cccc(Cl)c45)ncc13)C2. The topological polar surface area (TPSA) is 93.2 Å². The van der Waals surface area contributed by atoms with E-state index in [1.807, 2.05) is 56.0 Å². The molecule has 4 fully saturated rings. The number of aromatic nitrogens is 3. The van der Waals surface area contributed by atoms with E-state index in [1.54, 1.807) is 12.3 Å². The fourth-order valence-electron chi connectivity index (χ4n) is 8.04. The van der Waals surface area contributed by atoms with Crippen molar-refractivity contribution in [2.24, 2.45) is 0 Å². The lowest BCUT2D eigenvalue weighted by Gasteiger charge is -2.42. The molecule has 4 aliphatic heterocycles. The highest BCUT2D eigenvalue weighted by molar-refractivity contribution is 6.36. The van der Waals surface area contributed by atoms with Crippen molar-refractivity contribution < 1.29 is 23.4 Å². The Morgan fingerprint density at radius 3 is 2.65 bits per heavy atom. The van der Waals surface area contributed by atoms with Gasteiger partial charge in [0.1, 0.15) is 29.2 Å². The van der Waals surface area contributed by atoms with Crippen molar-refractivity contribution >= 4 is 45.2 Å². The van der Waals surface area contributed by atoms with Gasteiger partial charge >= 0.3 is 12.1 Å². The second-order valence-electron chi connectivity index (χ2n) is 14.5. The van der Waals surface area contributed by atoms with Crippen LogP contribution < -0.4 is 9.64 Å². The molecule has 0 spiro atoms. The Bertz CT molecular complexity index is 1890. The van der Waals surface area contributed by atoms with Gasteiger partial charge in [-0.05, 0) is 64.5 Å². The van der Waals surface area contributed by atoms with E-state index < -0.39 is 11.4 Å². The van der Waals surface area contributed by atoms with Crippen LogP contribution in [0.2, 0.25) is 5.02 Å². The summed E-state index contributed by atoms with van der Waals surface area (Å²) in [5, 5.41) is 2.62. The van der Waals surface area contributed by atoms with E-state index in [0.717, 1.165) is 49.5 Å². The van der Waals surface area contributed by atoms with Crippen LogP contribution >= 0.6 is 11.6 Å². The van der Waals surface area contributed by atoms with Gasteiger partial charge in [-0.25, -0.2) is 9.18 Å². The summed E-state index contributed by atoms with van der Waals surface area (Å²) in [7, 11) is 0. The van der Waals surface area contributed by atoms with Gasteiger partial charge in [0.05, 0.1) is 36.2 Å². The first-order chi connectivity index (χ1) is 23.1. The summed E-state index contributed by atoms with van der Waals surface area (Å²) in [5.74, 6) is -0.0178. The normalized spacial score (nSPS) is 24.4. The second-order valence-corrected chi connectivity index (χ2v) is 14.9. The summed E-state index contributed by atoms with van der Waals surface area (Å²) in [6, 6.07) is 11.3. The average molecular weight is 675 g/mol. The molecule has 2 aromatic heterocycles. The number of benzene rings is 2. The molecule has 0 N–H and O–H groups in total. The van der Waals surface area contributed by atoms with E-state index in [2.05, 4.69) is 14.8 Å². The number of rotatable bonds is 5. The van der Waals surface area contributed by atoms with Gasteiger partial charge in [-0.3, -0.25) is 14.8 Å². The summed E-state index contributed by atoms with van der Waals surface area (Å²) in [6.45, 7) is 10.2. The molecule has 1 amide bonds. The van der Waals surface area contributed by atoms with E-state index >= 15 is 4.39 Å². The minimum Gasteiger partial charge on any atom is -0.461 e. The van der Waals surface area contributed by atoms with Crippen LogP contribution in [0.4, 0.5) is 15.0 Å². The molecule has 6 heterocycles. The lowest BCUT2D eigenvalue weighted by atomic mass is 9.97. The van der Waals surface area contributed by atoms with Crippen LogP contribution in [0.3, 0.4) is 0 Å². The minimum absolute atomic E-state index is 0.0618. The van der Waals surface area contributed by atoms with Crippen molar-refractivity contribution in [1.29, 1.82) is 0 Å². The third-order valence-corrected chi connectivity index (χ3v) is 10.5. The maximum Gasteiger partial charge on any atom is 0.410 e. The van der Waals surface area contributed by atoms with Gasteiger partial charge in [-0.15, -0.1) is 0 Å². The van der Waals surface area contributed by atoms with Gasteiger partial charge < -0.3 is 19.1 Å². The van der Waals surface area contributed by atoms with E-state index in [0.29, 0.717) is 54.7 Å². The molecule has 2 aromatic carbocycles. The number of ether oxygens (including phenoxy) is 3. The van der Waals surface area contributed by atoms with Crippen molar-refractivity contribution in [3.63, 3.8) is 0 Å². The van der Waals surface area contributed by atoms with Crippen LogP contribution in [0, 0.1) is 5.82 Å². The molecular formula is C36H40ClFN6O4. The maximum atomic E-state index is 16.9. The highest BCUT2D eigenvalue weighted by Crippen LogP contribution is 2.40. The first kappa shape index (κ1) is 31.5. The lowest BCUT2D eigenvalue weighted by molar-refractivity contribution is -0.0664. The van der Waals surface area contributed by atoms with Gasteiger partial charge in [0, 0.05) is 41.8 Å². The number of hydrogen-bond acceptors (Lipinski definition) is 9. The molecule has 10 nitrogen and oxygen atoms in total. The molecule has 48 heavy (non-hydrogen) atoms. The van der Waals surface area contributed by atoms with E-state index in [9.17, 15) is 4.79 Å². The number of fused-ring (bicyclic) bond motifs is 5. The first-order valence-corrected chi connectivity index (χ1v) is 17.2. The van der Waals surface area contributed by atoms with Crippen molar-refractivity contribution in [2.45, 2.75) is 69.7 Å². The molecule has 8 rings (SSSR count). The summed E-state index contributed by atoms with van der Waals surface area (Å²) in [5.41, 5.74) is 0.0372. The number of pyridine rings is 1. The Hall–Kier alpha value is -3.80. The van der Waals surface area contributed by atoms with Crippen LogP contribution in [0.1, 0.15) is 46.5 Å². The third-order valence-electron chi connectivity index (χ3n) is 10.2. The van der Waals surface area contributed by atoms with Crippen LogP contribution in [0.25, 0.3) is 32.9 Å². The zero-order valence-electron chi connectivity index (χ0n) is 27.5. The fourth-order valence-corrected chi connectivity index (χ4v) is 8.33. The molecule has 0 aliphatic carbocycles. The number of piperazine rings is 1. The van der Waals surface area contributed by atoms with Crippen molar-refractivity contribution in [3.05, 3.63) is 53.4 Å². The number of anilines is 1. The fraction of sp³-hybridized carbons (Fsp3) is 0.500. The number of halogens is 2. The van der Waals surface area contributed by atoms with Crippen LogP contribution in [0.5, 0.6) is 6.01 Å². The number of nitrogens with zero attached hydrogens (tertiary/aromatic N) is 6. The van der Waals surface area contributed by atoms with E-state index in [1.165, 1.54) is 0 Å². The predicted octanol–water partition coefficient (Wildman–Crippen LogP) is 6.47. The molecular weight excluding hydrogens is 635 g/mol. The highest BCUT2D eigenvalue weighted by atomic mass is 35.5. The summed E-state index contributed by atoms with van der Waals surface area (Å²) >= 11 is 6.64. The lowest BCUT2D eigenvalue weighted by Crippen LogP contribution is -2.57. The Kier molecular flexibility index (Phi) is 7.84. The Morgan fingerprint density at radius 1 is 1.10 bits per heavy atom. The van der Waals surface area contributed by atoms with Gasteiger partial charge in [0.2, 0.25) is 0 Å². The molecule has 4 aromatic rings. The van der Waals surface area contributed by atoms with Gasteiger partial charge in [0.15, 0.2) is 5.82 Å². The highest BCUT2D eigenvalue weighted by Gasteiger charge is 2.46. The minimum atomic E-state index is -0.588. The van der Waals surface area contributed by atoms with Crippen molar-refractivity contribution in [1.82, 2.24) is 24.8 Å². The average Bonchev–Trinajstić information content (AvgIpc) is 3.61. The molecule has 2 bridgehead atoms. The monoisotopic (exact) mass is 674 g/mol. The van der Waals surface area contributed by atoms with Gasteiger partial charge in [0.25, 0.3) is 0 Å². The molecule has 12 heteroatoms. The van der Waals surface area contributed by atoms with Crippen molar-refractivity contribution in [3.8, 4) is 17.3 Å². The van der Waals surface area contributed by atoms with Crippen LogP contribution in [0.15, 0.2) is 42.6 Å². The smallest absolute Gasteiger partial charge is 0.410 e. The van der Waals surface area contributed by atoms with E-state index in [-0.39, 0.29) is 40.9 Å². The summed E-state index contributed by atoms with van der Waals surface area (Å²) in [6.07, 6.45) is 5.07. The van der Waals surface area contributed by atoms with Gasteiger partial charge in [-0.1, -0.05) is 41.9 Å². The largest absolute Gasteiger partial charge is 0.461 e. The first-order valence-electron chi connectivity index (χ1n) is 16.9. The second kappa shape index (κ2) is 12.0. The predicted molar refractivity (Wildman–Crippen MR) is 182 cm³/mol. The molecule has 0 saturated carbocycles. The van der Waals surface area contributed by atoms with Crippen molar-refractivity contribution in [2.75, 3.05) is 50.9 Å². The Balaban J connectivity index is 1.20. The summed E-state index contributed by atoms with van der Waals surface area (Å²) in [4.78, 5) is 33.9. The molecule has 3 atom stereocenters. The van der Waals surface area contributed by atoms with Crippen LogP contribution in [-0.4, -0.2) is 100 Å². The quantitative estimate of drug-likeness (QED) is 0.236. The molecule has 4 saturated heterocycles. The third kappa shape index (κ3) is 5.49. The Labute approximate surface area is 284 Å². The standard InChI is InChI=1S/C36H40ClFN6O4/c1-35(2,3)48-34(45)44-23-11-12-24(44)19-42(18-23)32-26-17-39-30(25-9-4-7-22-8-5-10-27(37)28(22)25)29(38)31(26)40-33(41-32)47-21-36-13-6-14-43(36)15-16-46-20-36/h4-5,7-10,17,23-24H,6,11-16,18-21H2,1-3H3. The zero-order chi connectivity index (χ0) is 33.2. The Morgan fingerprint density at radius 2 is 1.88 bits per heavy atom. The van der Waals surface area contributed by atoms with Gasteiger partial charge in [-0.2, -0.15) is 9.97 Å². The maximum absolute atomic E-state index is 16.9. The summed E-state index contributed by atoms with van der Waals surface area (Å²) < 4.78 is 34.9. The number of morpholine rings is 1. The number of amides is 1. The zero-order valence-corrected chi connectivity index (χ0v) is 28.3. The van der Waals surface area contributed by atoms with Crippen LogP contribution in [-0.2, 0) is 9.47 Å². The number of carbonyl (C=O) groups excluding carboxylic acids is 1. The molecule has 0 radical (unpaired) electrons. The molecule has 3 unspecified atom stereocenters.